The molecule has 1 fully saturated rings. The molecule has 5 nitrogen and oxygen atoms in total. The Labute approximate surface area is 121 Å². The Morgan fingerprint density at radius 1 is 1.50 bits per heavy atom. The van der Waals surface area contributed by atoms with Crippen LogP contribution < -0.4 is 5.73 Å². The molecule has 0 saturated carbocycles. The Bertz CT molecular complexity index is 664. The monoisotopic (exact) mass is 290 g/mol. The summed E-state index contributed by atoms with van der Waals surface area (Å²) in [6.07, 6.45) is 0. The minimum atomic E-state index is -0.0183. The Morgan fingerprint density at radius 3 is 3.05 bits per heavy atom. The number of benzene rings is 1. The first kappa shape index (κ1) is 13.3. The fourth-order valence-corrected chi connectivity index (χ4v) is 3.65. The highest BCUT2D eigenvalue weighted by Gasteiger charge is 2.31. The zero-order chi connectivity index (χ0) is 14.3. The van der Waals surface area contributed by atoms with Crippen molar-refractivity contribution in [1.82, 2.24) is 15.1 Å². The van der Waals surface area contributed by atoms with Gasteiger partial charge in [-0.15, -0.1) is 0 Å². The number of hydrogen-bond acceptors (Lipinski definition) is 4. The van der Waals surface area contributed by atoms with Gasteiger partial charge in [0.15, 0.2) is 5.69 Å². The number of nitrogens with zero attached hydrogens (tertiary/aromatic N) is 2. The van der Waals surface area contributed by atoms with Crippen LogP contribution in [0, 0.1) is 0 Å². The van der Waals surface area contributed by atoms with E-state index in [-0.39, 0.29) is 10.7 Å². The number of hydrogen-bond donors (Lipinski definition) is 2. The van der Waals surface area contributed by atoms with E-state index in [2.05, 4.69) is 24.0 Å². The molecule has 3 N–H and O–H groups in total. The van der Waals surface area contributed by atoms with Crippen LogP contribution in [0.2, 0.25) is 0 Å². The number of anilines is 1. The van der Waals surface area contributed by atoms with E-state index in [1.807, 2.05) is 22.7 Å². The topological polar surface area (TPSA) is 75.0 Å². The maximum Gasteiger partial charge on any atom is 0.275 e. The van der Waals surface area contributed by atoms with Crippen LogP contribution in [0.1, 0.15) is 24.3 Å². The third kappa shape index (κ3) is 2.35. The van der Waals surface area contributed by atoms with Gasteiger partial charge < -0.3 is 10.6 Å². The number of aromatic nitrogens is 2. The van der Waals surface area contributed by atoms with E-state index < -0.39 is 0 Å². The molecule has 1 amide bonds. The molecule has 106 valence electrons. The van der Waals surface area contributed by atoms with Crippen molar-refractivity contribution in [3.8, 4) is 0 Å². The van der Waals surface area contributed by atoms with E-state index in [1.54, 1.807) is 12.1 Å². The lowest BCUT2D eigenvalue weighted by Crippen LogP contribution is -2.46. The number of nitrogens with one attached hydrogen (secondary N) is 1. The molecule has 2 aromatic rings. The Hall–Kier alpha value is -1.69. The molecule has 0 unspecified atom stereocenters. The van der Waals surface area contributed by atoms with Crippen LogP contribution in [0.25, 0.3) is 10.9 Å². The van der Waals surface area contributed by atoms with Crippen LogP contribution in [0.5, 0.6) is 0 Å². The van der Waals surface area contributed by atoms with E-state index >= 15 is 0 Å². The Morgan fingerprint density at radius 2 is 2.30 bits per heavy atom. The maximum atomic E-state index is 12.7. The van der Waals surface area contributed by atoms with Crippen LogP contribution >= 0.6 is 11.8 Å². The van der Waals surface area contributed by atoms with E-state index in [1.165, 1.54) is 0 Å². The number of nitrogen functional groups attached to an aromatic ring is 1. The van der Waals surface area contributed by atoms with Crippen molar-refractivity contribution in [1.29, 1.82) is 0 Å². The lowest BCUT2D eigenvalue weighted by Gasteiger charge is -2.37. The van der Waals surface area contributed by atoms with Gasteiger partial charge in [-0.25, -0.2) is 0 Å². The molecular formula is C14H18N4OS. The van der Waals surface area contributed by atoms with Crippen molar-refractivity contribution in [2.75, 3.05) is 24.6 Å². The van der Waals surface area contributed by atoms with E-state index in [9.17, 15) is 4.79 Å². The Kier molecular flexibility index (Phi) is 3.12. The van der Waals surface area contributed by atoms with Crippen molar-refractivity contribution in [2.24, 2.45) is 0 Å². The summed E-state index contributed by atoms with van der Waals surface area (Å²) >= 11 is 1.90. The SMILES string of the molecule is CC1(C)CN(C(=O)c2n[nH]c3ccc(N)cc23)CCS1. The Balaban J connectivity index is 1.94. The summed E-state index contributed by atoms with van der Waals surface area (Å²) in [5, 5.41) is 7.88. The second-order valence-corrected chi connectivity index (χ2v) is 7.51. The number of carbonyl (C=O) groups excluding carboxylic acids is 1. The number of amides is 1. The molecular weight excluding hydrogens is 272 g/mol. The summed E-state index contributed by atoms with van der Waals surface area (Å²) in [4.78, 5) is 14.6. The fourth-order valence-electron chi connectivity index (χ4n) is 2.53. The molecule has 2 heterocycles. The maximum absolute atomic E-state index is 12.7. The molecule has 1 aliphatic rings. The molecule has 0 atom stereocenters. The number of thioether (sulfide) groups is 1. The minimum absolute atomic E-state index is 0.0183. The second kappa shape index (κ2) is 4.70. The molecule has 0 radical (unpaired) electrons. The normalized spacial score (nSPS) is 18.4. The van der Waals surface area contributed by atoms with E-state index in [0.717, 1.165) is 29.7 Å². The molecule has 20 heavy (non-hydrogen) atoms. The van der Waals surface area contributed by atoms with Crippen molar-refractivity contribution in [3.63, 3.8) is 0 Å². The largest absolute Gasteiger partial charge is 0.399 e. The lowest BCUT2D eigenvalue weighted by atomic mass is 10.1. The lowest BCUT2D eigenvalue weighted by molar-refractivity contribution is 0.0744. The van der Waals surface area contributed by atoms with Gasteiger partial charge in [-0.3, -0.25) is 9.89 Å². The third-order valence-electron chi connectivity index (χ3n) is 3.50. The molecule has 0 aliphatic carbocycles. The summed E-state index contributed by atoms with van der Waals surface area (Å²) in [6.45, 7) is 5.84. The van der Waals surface area contributed by atoms with E-state index in [0.29, 0.717) is 11.4 Å². The van der Waals surface area contributed by atoms with Crippen LogP contribution in [-0.2, 0) is 0 Å². The molecule has 0 bridgehead atoms. The predicted octanol–water partition coefficient (Wildman–Crippen LogP) is 2.11. The molecule has 1 aromatic heterocycles. The standard InChI is InChI=1S/C14H18N4OS/c1-14(2)8-18(5-6-20-14)13(19)12-10-7-9(15)3-4-11(10)16-17-12/h3-4,7H,5-6,8,15H2,1-2H3,(H,16,17). The van der Waals surface area contributed by atoms with Gasteiger partial charge in [-0.05, 0) is 32.0 Å². The van der Waals surface area contributed by atoms with Gasteiger partial charge in [0.05, 0.1) is 5.52 Å². The van der Waals surface area contributed by atoms with Crippen LogP contribution in [0.15, 0.2) is 18.2 Å². The summed E-state index contributed by atoms with van der Waals surface area (Å²) in [6, 6.07) is 5.45. The highest BCUT2D eigenvalue weighted by molar-refractivity contribution is 8.00. The highest BCUT2D eigenvalue weighted by atomic mass is 32.2. The number of nitrogens with two attached hydrogens (primary N) is 1. The predicted molar refractivity (Wildman–Crippen MR) is 82.9 cm³/mol. The highest BCUT2D eigenvalue weighted by Crippen LogP contribution is 2.30. The molecule has 1 aliphatic heterocycles. The number of fused-ring (bicyclic) bond motifs is 1. The first-order valence-corrected chi connectivity index (χ1v) is 7.62. The molecule has 0 spiro atoms. The van der Waals surface area contributed by atoms with Gasteiger partial charge in [-0.1, -0.05) is 0 Å². The van der Waals surface area contributed by atoms with Crippen LogP contribution in [-0.4, -0.2) is 44.6 Å². The zero-order valence-electron chi connectivity index (χ0n) is 11.6. The van der Waals surface area contributed by atoms with Gasteiger partial charge in [0.2, 0.25) is 0 Å². The minimum Gasteiger partial charge on any atom is -0.399 e. The number of H-pyrrole nitrogens is 1. The third-order valence-corrected chi connectivity index (χ3v) is 4.80. The quantitative estimate of drug-likeness (QED) is 0.789. The number of rotatable bonds is 1. The summed E-state index contributed by atoms with van der Waals surface area (Å²) in [5.74, 6) is 0.943. The summed E-state index contributed by atoms with van der Waals surface area (Å²) in [5.41, 5.74) is 7.75. The first-order chi connectivity index (χ1) is 9.46. The first-order valence-electron chi connectivity index (χ1n) is 6.63. The van der Waals surface area contributed by atoms with Crippen molar-refractivity contribution < 1.29 is 4.79 Å². The van der Waals surface area contributed by atoms with Crippen LogP contribution in [0.4, 0.5) is 5.69 Å². The van der Waals surface area contributed by atoms with Crippen molar-refractivity contribution in [3.05, 3.63) is 23.9 Å². The summed E-state index contributed by atoms with van der Waals surface area (Å²) < 4.78 is 0.0963. The van der Waals surface area contributed by atoms with Gasteiger partial charge in [0.1, 0.15) is 0 Å². The van der Waals surface area contributed by atoms with Crippen molar-refractivity contribution in [2.45, 2.75) is 18.6 Å². The fraction of sp³-hybridized carbons (Fsp3) is 0.429. The number of carbonyl (C=O) groups is 1. The van der Waals surface area contributed by atoms with Crippen LogP contribution in [0.3, 0.4) is 0 Å². The second-order valence-electron chi connectivity index (χ2n) is 5.71. The molecule has 1 saturated heterocycles. The number of aromatic amines is 1. The van der Waals surface area contributed by atoms with Gasteiger partial charge in [-0.2, -0.15) is 16.9 Å². The van der Waals surface area contributed by atoms with Gasteiger partial charge in [0.25, 0.3) is 5.91 Å². The summed E-state index contributed by atoms with van der Waals surface area (Å²) in [7, 11) is 0. The van der Waals surface area contributed by atoms with Crippen molar-refractivity contribution >= 4 is 34.3 Å². The molecule has 6 heteroatoms. The average Bonchev–Trinajstić information content (AvgIpc) is 2.79. The van der Waals surface area contributed by atoms with Gasteiger partial charge in [0, 0.05) is 34.7 Å². The average molecular weight is 290 g/mol. The molecule has 3 rings (SSSR count). The van der Waals surface area contributed by atoms with E-state index in [4.69, 9.17) is 5.73 Å². The zero-order valence-corrected chi connectivity index (χ0v) is 12.5. The smallest absolute Gasteiger partial charge is 0.275 e. The molecule has 1 aromatic carbocycles. The van der Waals surface area contributed by atoms with Gasteiger partial charge >= 0.3 is 0 Å².